The van der Waals surface area contributed by atoms with E-state index < -0.39 is 0 Å². The summed E-state index contributed by atoms with van der Waals surface area (Å²) < 4.78 is 16.9. The molecular formula is C20H26N4O4. The van der Waals surface area contributed by atoms with Gasteiger partial charge in [-0.2, -0.15) is 4.98 Å². The lowest BCUT2D eigenvalue weighted by molar-refractivity contribution is -0.132. The molecule has 1 amide bonds. The van der Waals surface area contributed by atoms with Crippen molar-refractivity contribution in [3.05, 3.63) is 36.7 Å². The Morgan fingerprint density at radius 3 is 2.57 bits per heavy atom. The van der Waals surface area contributed by atoms with Crippen molar-refractivity contribution in [1.82, 2.24) is 14.9 Å². The van der Waals surface area contributed by atoms with Crippen LogP contribution in [0.2, 0.25) is 0 Å². The lowest BCUT2D eigenvalue weighted by atomic mass is 10.3. The molecule has 1 aliphatic heterocycles. The molecule has 1 aromatic carbocycles. The molecule has 8 nitrogen and oxygen atoms in total. The average molecular weight is 386 g/mol. The highest BCUT2D eigenvalue weighted by Gasteiger charge is 2.28. The Hall–Kier alpha value is -3.03. The number of likely N-dealkylation sites (tertiary alicyclic amines) is 1. The second-order valence-corrected chi connectivity index (χ2v) is 6.67. The monoisotopic (exact) mass is 386 g/mol. The van der Waals surface area contributed by atoms with Gasteiger partial charge in [0.2, 0.25) is 5.88 Å². The van der Waals surface area contributed by atoms with Crippen molar-refractivity contribution in [2.75, 3.05) is 45.3 Å². The number of amides is 1. The van der Waals surface area contributed by atoms with Crippen molar-refractivity contribution in [3.8, 4) is 17.4 Å². The van der Waals surface area contributed by atoms with Crippen LogP contribution >= 0.6 is 0 Å². The van der Waals surface area contributed by atoms with E-state index in [1.807, 2.05) is 38.1 Å². The Morgan fingerprint density at radius 2 is 1.89 bits per heavy atom. The molecule has 1 fully saturated rings. The van der Waals surface area contributed by atoms with Crippen LogP contribution in [0, 0.1) is 0 Å². The zero-order chi connectivity index (χ0) is 19.9. The number of aromatic nitrogens is 2. The molecule has 0 N–H and O–H groups in total. The second kappa shape index (κ2) is 9.25. The first-order valence-electron chi connectivity index (χ1n) is 9.34. The molecule has 28 heavy (non-hydrogen) atoms. The van der Waals surface area contributed by atoms with Crippen molar-refractivity contribution in [2.45, 2.75) is 19.4 Å². The smallest absolute Gasteiger partial charge is 0.260 e. The standard InChI is InChI=1S/C20H26N4O4/c1-4-26-15-5-7-16(8-6-15)27-14-20(25)24-10-9-17(13-24)28-19-12-21-11-18(22-19)23(2)3/h5-8,11-12,17H,4,9-10,13-14H2,1-3H3. The van der Waals surface area contributed by atoms with Gasteiger partial charge < -0.3 is 24.0 Å². The molecule has 1 saturated heterocycles. The fourth-order valence-corrected chi connectivity index (χ4v) is 2.87. The minimum atomic E-state index is -0.0962. The molecule has 1 unspecified atom stereocenters. The normalized spacial score (nSPS) is 16.0. The summed E-state index contributed by atoms with van der Waals surface area (Å²) in [6.45, 7) is 3.69. The summed E-state index contributed by atoms with van der Waals surface area (Å²) in [6, 6.07) is 7.24. The number of anilines is 1. The van der Waals surface area contributed by atoms with Crippen LogP contribution in [-0.2, 0) is 4.79 Å². The van der Waals surface area contributed by atoms with Crippen molar-refractivity contribution in [1.29, 1.82) is 0 Å². The highest BCUT2D eigenvalue weighted by Crippen LogP contribution is 2.20. The fourth-order valence-electron chi connectivity index (χ4n) is 2.87. The summed E-state index contributed by atoms with van der Waals surface area (Å²) in [6.07, 6.45) is 3.92. The van der Waals surface area contributed by atoms with Gasteiger partial charge in [-0.25, -0.2) is 0 Å². The Kier molecular flexibility index (Phi) is 6.52. The highest BCUT2D eigenvalue weighted by atomic mass is 16.5. The van der Waals surface area contributed by atoms with Crippen LogP contribution in [-0.4, -0.2) is 67.3 Å². The van der Waals surface area contributed by atoms with E-state index in [1.54, 1.807) is 29.4 Å². The molecule has 2 aromatic rings. The summed E-state index contributed by atoms with van der Waals surface area (Å²) in [7, 11) is 3.79. The number of hydrogen-bond acceptors (Lipinski definition) is 7. The first kappa shape index (κ1) is 19.7. The van der Waals surface area contributed by atoms with Gasteiger partial charge in [-0.1, -0.05) is 0 Å². The predicted molar refractivity (Wildman–Crippen MR) is 105 cm³/mol. The first-order chi connectivity index (χ1) is 13.5. The Bertz CT molecular complexity index is 782. The first-order valence-corrected chi connectivity index (χ1v) is 9.34. The number of carbonyl (C=O) groups excluding carboxylic acids is 1. The maximum atomic E-state index is 12.4. The van der Waals surface area contributed by atoms with Gasteiger partial charge in [0.25, 0.3) is 5.91 Å². The maximum absolute atomic E-state index is 12.4. The zero-order valence-electron chi connectivity index (χ0n) is 16.5. The number of hydrogen-bond donors (Lipinski definition) is 0. The molecule has 150 valence electrons. The average Bonchev–Trinajstić information content (AvgIpc) is 3.16. The summed E-state index contributed by atoms with van der Waals surface area (Å²) in [4.78, 5) is 24.6. The van der Waals surface area contributed by atoms with E-state index >= 15 is 0 Å². The maximum Gasteiger partial charge on any atom is 0.260 e. The van der Waals surface area contributed by atoms with Gasteiger partial charge in [0.15, 0.2) is 12.4 Å². The number of nitrogens with zero attached hydrogens (tertiary/aromatic N) is 4. The van der Waals surface area contributed by atoms with Gasteiger partial charge >= 0.3 is 0 Å². The predicted octanol–water partition coefficient (Wildman–Crippen LogP) is 2.00. The molecule has 3 rings (SSSR count). The topological polar surface area (TPSA) is 77.0 Å². The van der Waals surface area contributed by atoms with E-state index in [2.05, 4.69) is 9.97 Å². The van der Waals surface area contributed by atoms with Crippen molar-refractivity contribution < 1.29 is 19.0 Å². The van der Waals surface area contributed by atoms with Crippen LogP contribution in [0.25, 0.3) is 0 Å². The molecular weight excluding hydrogens is 360 g/mol. The summed E-state index contributed by atoms with van der Waals surface area (Å²) in [5.41, 5.74) is 0. The largest absolute Gasteiger partial charge is 0.494 e. The third-order valence-electron chi connectivity index (χ3n) is 4.34. The van der Waals surface area contributed by atoms with E-state index in [-0.39, 0.29) is 18.6 Å². The quantitative estimate of drug-likeness (QED) is 0.687. The third kappa shape index (κ3) is 5.25. The number of carbonyl (C=O) groups is 1. The molecule has 0 radical (unpaired) electrons. The molecule has 1 aliphatic rings. The molecule has 0 aliphatic carbocycles. The van der Waals surface area contributed by atoms with E-state index in [0.29, 0.717) is 31.3 Å². The molecule has 1 aromatic heterocycles. The van der Waals surface area contributed by atoms with Crippen molar-refractivity contribution in [3.63, 3.8) is 0 Å². The van der Waals surface area contributed by atoms with Gasteiger partial charge in [-0.15, -0.1) is 0 Å². The summed E-state index contributed by atoms with van der Waals surface area (Å²) in [5, 5.41) is 0. The zero-order valence-corrected chi connectivity index (χ0v) is 16.5. The third-order valence-corrected chi connectivity index (χ3v) is 4.34. The van der Waals surface area contributed by atoms with Crippen molar-refractivity contribution >= 4 is 11.7 Å². The van der Waals surface area contributed by atoms with E-state index in [0.717, 1.165) is 18.0 Å². The molecule has 0 bridgehead atoms. The molecule has 0 saturated carbocycles. The molecule has 2 heterocycles. The van der Waals surface area contributed by atoms with E-state index in [9.17, 15) is 4.79 Å². The van der Waals surface area contributed by atoms with Crippen molar-refractivity contribution in [2.24, 2.45) is 0 Å². The Morgan fingerprint density at radius 1 is 1.18 bits per heavy atom. The Balaban J connectivity index is 1.46. The number of benzene rings is 1. The molecule has 1 atom stereocenters. The fraction of sp³-hybridized carbons (Fsp3) is 0.450. The lowest BCUT2D eigenvalue weighted by Crippen LogP contribution is -2.34. The van der Waals surface area contributed by atoms with Gasteiger partial charge in [0.05, 0.1) is 25.5 Å². The van der Waals surface area contributed by atoms with Crippen LogP contribution in [0.5, 0.6) is 17.4 Å². The highest BCUT2D eigenvalue weighted by molar-refractivity contribution is 5.78. The van der Waals surface area contributed by atoms with Crippen LogP contribution in [0.1, 0.15) is 13.3 Å². The van der Waals surface area contributed by atoms with Crippen LogP contribution in [0.15, 0.2) is 36.7 Å². The number of ether oxygens (including phenoxy) is 3. The molecule has 0 spiro atoms. The Labute approximate surface area is 165 Å². The van der Waals surface area contributed by atoms with E-state index in [1.165, 1.54) is 0 Å². The van der Waals surface area contributed by atoms with Gasteiger partial charge in [0.1, 0.15) is 17.6 Å². The van der Waals surface area contributed by atoms with Crippen LogP contribution in [0.4, 0.5) is 5.82 Å². The van der Waals surface area contributed by atoms with E-state index in [4.69, 9.17) is 14.2 Å². The summed E-state index contributed by atoms with van der Waals surface area (Å²) >= 11 is 0. The van der Waals surface area contributed by atoms with Gasteiger partial charge in [0, 0.05) is 27.1 Å². The van der Waals surface area contributed by atoms with Crippen LogP contribution in [0.3, 0.4) is 0 Å². The number of rotatable bonds is 8. The van der Waals surface area contributed by atoms with Crippen LogP contribution < -0.4 is 19.1 Å². The summed E-state index contributed by atoms with van der Waals surface area (Å²) in [5.74, 6) is 2.55. The lowest BCUT2D eigenvalue weighted by Gasteiger charge is -2.18. The minimum absolute atomic E-state index is 0.00335. The van der Waals surface area contributed by atoms with Gasteiger partial charge in [-0.3, -0.25) is 9.78 Å². The molecule has 8 heteroatoms. The SMILES string of the molecule is CCOc1ccc(OCC(=O)N2CCC(Oc3cncc(N(C)C)n3)C2)cc1. The second-order valence-electron chi connectivity index (χ2n) is 6.67. The minimum Gasteiger partial charge on any atom is -0.494 e. The van der Waals surface area contributed by atoms with Gasteiger partial charge in [-0.05, 0) is 31.2 Å².